The Morgan fingerprint density at radius 1 is 1.16 bits per heavy atom. The van der Waals surface area contributed by atoms with Gasteiger partial charge in [-0.1, -0.05) is 30.3 Å². The third-order valence-corrected chi connectivity index (χ3v) is 3.62. The summed E-state index contributed by atoms with van der Waals surface area (Å²) < 4.78 is 44.1. The number of hydrogen-bond acceptors (Lipinski definition) is 2. The van der Waals surface area contributed by atoms with Gasteiger partial charge in [-0.25, -0.2) is 0 Å². The predicted molar refractivity (Wildman–Crippen MR) is 89.9 cm³/mol. The molecule has 0 saturated heterocycles. The number of amides is 1. The Balaban J connectivity index is 2.09. The summed E-state index contributed by atoms with van der Waals surface area (Å²) in [6.45, 7) is -0.128. The van der Waals surface area contributed by atoms with Crippen LogP contribution in [0.25, 0.3) is 6.08 Å². The first-order valence-corrected chi connectivity index (χ1v) is 7.53. The highest BCUT2D eigenvalue weighted by Crippen LogP contribution is 2.32. The number of carbonyl (C=O) groups excluding carboxylic acids is 1. The first-order valence-electron chi connectivity index (χ1n) is 7.53. The molecule has 2 rings (SSSR count). The summed E-state index contributed by atoms with van der Waals surface area (Å²) in [6.07, 6.45) is -1.53. The van der Waals surface area contributed by atoms with Crippen LogP contribution >= 0.6 is 0 Å². The maximum Gasteiger partial charge on any atom is 0.416 e. The molecule has 25 heavy (non-hydrogen) atoms. The van der Waals surface area contributed by atoms with Crippen molar-refractivity contribution in [1.82, 2.24) is 4.90 Å². The molecule has 6 heteroatoms. The lowest BCUT2D eigenvalue weighted by molar-refractivity contribution is -0.139. The van der Waals surface area contributed by atoms with Gasteiger partial charge in [0.25, 0.3) is 0 Å². The van der Waals surface area contributed by atoms with Gasteiger partial charge in [-0.15, -0.1) is 0 Å². The van der Waals surface area contributed by atoms with Crippen molar-refractivity contribution in [3.63, 3.8) is 0 Å². The minimum atomic E-state index is -4.45. The number of ether oxygens (including phenoxy) is 1. The lowest BCUT2D eigenvalue weighted by atomic mass is 10.1. The average molecular weight is 349 g/mol. The smallest absolute Gasteiger partial charge is 0.416 e. The Labute approximate surface area is 144 Å². The largest absolute Gasteiger partial charge is 0.497 e. The summed E-state index contributed by atoms with van der Waals surface area (Å²) in [5.74, 6) is 0.266. The fourth-order valence-electron chi connectivity index (χ4n) is 2.31. The van der Waals surface area contributed by atoms with Crippen molar-refractivity contribution in [2.75, 3.05) is 14.2 Å². The van der Waals surface area contributed by atoms with Crippen LogP contribution < -0.4 is 4.74 Å². The van der Waals surface area contributed by atoms with Gasteiger partial charge in [-0.3, -0.25) is 4.79 Å². The summed E-state index contributed by atoms with van der Waals surface area (Å²) >= 11 is 0. The molecule has 1 amide bonds. The molecule has 0 heterocycles. The molecular weight excluding hydrogens is 331 g/mol. The number of halogens is 3. The second-order valence-corrected chi connectivity index (χ2v) is 5.46. The van der Waals surface area contributed by atoms with Crippen molar-refractivity contribution in [1.29, 1.82) is 0 Å². The molecule has 0 unspecified atom stereocenters. The van der Waals surface area contributed by atoms with Crippen LogP contribution in [0.15, 0.2) is 54.6 Å². The van der Waals surface area contributed by atoms with Crippen LogP contribution in [0.5, 0.6) is 5.75 Å². The summed E-state index contributed by atoms with van der Waals surface area (Å²) in [7, 11) is 3.01. The second kappa shape index (κ2) is 7.88. The number of alkyl halides is 3. The fourth-order valence-corrected chi connectivity index (χ4v) is 2.31. The third kappa shape index (κ3) is 5.11. The molecule has 0 bridgehead atoms. The normalized spacial score (nSPS) is 11.6. The molecule has 0 radical (unpaired) electrons. The van der Waals surface area contributed by atoms with Crippen LogP contribution in [0, 0.1) is 0 Å². The highest BCUT2D eigenvalue weighted by atomic mass is 19.4. The monoisotopic (exact) mass is 349 g/mol. The van der Waals surface area contributed by atoms with Gasteiger partial charge in [0.05, 0.1) is 12.7 Å². The lowest BCUT2D eigenvalue weighted by Crippen LogP contribution is -2.25. The Morgan fingerprint density at radius 3 is 2.56 bits per heavy atom. The molecule has 2 aromatic rings. The van der Waals surface area contributed by atoms with Gasteiger partial charge in [0.1, 0.15) is 5.75 Å². The van der Waals surface area contributed by atoms with Crippen molar-refractivity contribution in [3.05, 3.63) is 71.3 Å². The average Bonchev–Trinajstić information content (AvgIpc) is 2.59. The number of likely N-dealkylation sites (N-methyl/N-ethyl adjacent to an activating group) is 1. The Morgan fingerprint density at radius 2 is 1.88 bits per heavy atom. The van der Waals surface area contributed by atoms with Crippen molar-refractivity contribution in [2.24, 2.45) is 0 Å². The van der Waals surface area contributed by atoms with Crippen LogP contribution in [0.4, 0.5) is 13.2 Å². The van der Waals surface area contributed by atoms with E-state index in [1.54, 1.807) is 37.5 Å². The number of nitrogens with zero attached hydrogens (tertiary/aromatic N) is 1. The van der Waals surface area contributed by atoms with Crippen LogP contribution in [-0.4, -0.2) is 25.0 Å². The standard InChI is InChI=1S/C19H18F3NO2/c1-23(13-15-7-3-4-9-17(15)19(20,21)22)18(24)11-10-14-6-5-8-16(12-14)25-2/h3-12H,13H2,1-2H3/b11-10+. The van der Waals surface area contributed by atoms with Crippen molar-refractivity contribution in [2.45, 2.75) is 12.7 Å². The Kier molecular flexibility index (Phi) is 5.85. The number of benzene rings is 2. The third-order valence-electron chi connectivity index (χ3n) is 3.62. The second-order valence-electron chi connectivity index (χ2n) is 5.46. The van der Waals surface area contributed by atoms with Gasteiger partial charge in [0, 0.05) is 19.7 Å². The van der Waals surface area contributed by atoms with E-state index >= 15 is 0 Å². The molecule has 0 aliphatic carbocycles. The highest BCUT2D eigenvalue weighted by Gasteiger charge is 2.33. The van der Waals surface area contributed by atoms with E-state index < -0.39 is 11.7 Å². The number of carbonyl (C=O) groups is 1. The molecule has 0 fully saturated rings. The predicted octanol–water partition coefficient (Wildman–Crippen LogP) is 4.39. The molecule has 0 aromatic heterocycles. The summed E-state index contributed by atoms with van der Waals surface area (Å²) in [5.41, 5.74) is 0.0869. The zero-order valence-electron chi connectivity index (χ0n) is 13.9. The van der Waals surface area contributed by atoms with E-state index in [1.807, 2.05) is 0 Å². The van der Waals surface area contributed by atoms with Crippen LogP contribution in [-0.2, 0) is 17.5 Å². The van der Waals surface area contributed by atoms with Crippen molar-refractivity contribution < 1.29 is 22.7 Å². The van der Waals surface area contributed by atoms with Crippen molar-refractivity contribution >= 4 is 12.0 Å². The maximum absolute atomic E-state index is 13.0. The summed E-state index contributed by atoms with van der Waals surface area (Å²) in [4.78, 5) is 13.4. The van der Waals surface area contributed by atoms with Crippen LogP contribution in [0.1, 0.15) is 16.7 Å². The first kappa shape index (κ1) is 18.6. The van der Waals surface area contributed by atoms with Gasteiger partial charge in [-0.05, 0) is 35.4 Å². The topological polar surface area (TPSA) is 29.5 Å². The zero-order valence-corrected chi connectivity index (χ0v) is 13.9. The van der Waals surface area contributed by atoms with Gasteiger partial charge >= 0.3 is 6.18 Å². The molecule has 0 aliphatic heterocycles. The van der Waals surface area contributed by atoms with Gasteiger partial charge in [0.2, 0.25) is 5.91 Å². The van der Waals surface area contributed by atoms with Gasteiger partial charge in [-0.2, -0.15) is 13.2 Å². The van der Waals surface area contributed by atoms with Gasteiger partial charge in [0.15, 0.2) is 0 Å². The molecular formula is C19H18F3NO2. The molecule has 0 aliphatic rings. The van der Waals surface area contributed by atoms with E-state index in [0.717, 1.165) is 11.6 Å². The van der Waals surface area contributed by atoms with Crippen LogP contribution in [0.2, 0.25) is 0 Å². The minimum Gasteiger partial charge on any atom is -0.497 e. The molecule has 0 spiro atoms. The van der Waals surface area contributed by atoms with E-state index in [-0.39, 0.29) is 18.0 Å². The molecule has 3 nitrogen and oxygen atoms in total. The highest BCUT2D eigenvalue weighted by molar-refractivity contribution is 5.91. The summed E-state index contributed by atoms with van der Waals surface area (Å²) in [6, 6.07) is 12.4. The number of hydrogen-bond donors (Lipinski definition) is 0. The first-order chi connectivity index (χ1) is 11.8. The van der Waals surface area contributed by atoms with E-state index in [9.17, 15) is 18.0 Å². The van der Waals surface area contributed by atoms with Gasteiger partial charge < -0.3 is 9.64 Å². The molecule has 0 N–H and O–H groups in total. The Hall–Kier alpha value is -2.76. The Bertz CT molecular complexity index is 769. The fraction of sp³-hybridized carbons (Fsp3) is 0.211. The van der Waals surface area contributed by atoms with Crippen molar-refractivity contribution in [3.8, 4) is 5.75 Å². The maximum atomic E-state index is 13.0. The van der Waals surface area contributed by atoms with E-state index in [0.29, 0.717) is 5.75 Å². The van der Waals surface area contributed by atoms with E-state index in [1.165, 1.54) is 36.2 Å². The minimum absolute atomic E-state index is 0.0561. The number of rotatable bonds is 5. The van der Waals surface area contributed by atoms with E-state index in [4.69, 9.17) is 4.74 Å². The molecule has 0 atom stereocenters. The van der Waals surface area contributed by atoms with Crippen LogP contribution in [0.3, 0.4) is 0 Å². The molecule has 132 valence electrons. The van der Waals surface area contributed by atoms with E-state index in [2.05, 4.69) is 0 Å². The zero-order chi connectivity index (χ0) is 18.4. The quantitative estimate of drug-likeness (QED) is 0.750. The number of methoxy groups -OCH3 is 1. The summed E-state index contributed by atoms with van der Waals surface area (Å²) in [5, 5.41) is 0. The lowest BCUT2D eigenvalue weighted by Gasteiger charge is -2.19. The SMILES string of the molecule is COc1cccc(/C=C/C(=O)N(C)Cc2ccccc2C(F)(F)F)c1. The molecule has 2 aromatic carbocycles. The molecule has 0 saturated carbocycles.